The molecule has 0 saturated heterocycles. The third kappa shape index (κ3) is 8.78. The molecule has 1 unspecified atom stereocenters. The summed E-state index contributed by atoms with van der Waals surface area (Å²) in [5.74, 6) is -1.50. The van der Waals surface area contributed by atoms with Gasteiger partial charge >= 0.3 is 12.2 Å². The van der Waals surface area contributed by atoms with Gasteiger partial charge in [0.05, 0.1) is 28.4 Å². The molecule has 3 N–H and O–H groups in total. The number of hydrogen-bond donors (Lipinski definition) is 3. The summed E-state index contributed by atoms with van der Waals surface area (Å²) in [4.78, 5) is 32.0. The van der Waals surface area contributed by atoms with Crippen molar-refractivity contribution in [3.05, 3.63) is 83.2 Å². The summed E-state index contributed by atoms with van der Waals surface area (Å²) in [6, 6.07) is 5.79. The molecule has 250 valence electrons. The van der Waals surface area contributed by atoms with Crippen LogP contribution in [0, 0.1) is 11.6 Å². The maximum atomic E-state index is 15.1. The summed E-state index contributed by atoms with van der Waals surface area (Å²) in [6.07, 6.45) is 0.759. The van der Waals surface area contributed by atoms with Crippen LogP contribution in [-0.2, 0) is 22.1 Å². The van der Waals surface area contributed by atoms with Gasteiger partial charge in [-0.05, 0) is 36.8 Å². The Balaban J connectivity index is 1.17. The van der Waals surface area contributed by atoms with Crippen molar-refractivity contribution in [1.82, 2.24) is 15.2 Å². The van der Waals surface area contributed by atoms with E-state index in [0.29, 0.717) is 69.6 Å². The van der Waals surface area contributed by atoms with Gasteiger partial charge in [0, 0.05) is 75.4 Å². The summed E-state index contributed by atoms with van der Waals surface area (Å²) in [6.45, 7) is 3.05. The molecule has 0 fully saturated rings. The van der Waals surface area contributed by atoms with E-state index < -0.39 is 35.1 Å². The first-order chi connectivity index (χ1) is 22.5. The Morgan fingerprint density at radius 2 is 1.87 bits per heavy atom. The van der Waals surface area contributed by atoms with E-state index in [0.717, 1.165) is 23.1 Å². The van der Waals surface area contributed by atoms with Gasteiger partial charge in [0.25, 0.3) is 0 Å². The molecular formula is C32H32F5N5O4S. The zero-order valence-electron chi connectivity index (χ0n) is 25.3. The highest BCUT2D eigenvalue weighted by molar-refractivity contribution is 8.00. The zero-order valence-corrected chi connectivity index (χ0v) is 26.1. The second kappa shape index (κ2) is 15.1. The first-order valence-electron chi connectivity index (χ1n) is 14.7. The number of thioether (sulfide) groups is 1. The Morgan fingerprint density at radius 1 is 1.04 bits per heavy atom. The van der Waals surface area contributed by atoms with Crippen molar-refractivity contribution in [3.63, 3.8) is 0 Å². The number of methoxy groups -OCH3 is 1. The SMILES string of the molecule is COCCNCCC(=O)N1CC=C(C2Cc3nccc(Oc4ccc(NC(=O)Nc5cc(C(F)(F)F)ccc5F)cc4F)c3S2)CC1. The van der Waals surface area contributed by atoms with Crippen LogP contribution in [0.15, 0.2) is 65.2 Å². The maximum Gasteiger partial charge on any atom is 0.416 e. The summed E-state index contributed by atoms with van der Waals surface area (Å²) in [5, 5.41) is 7.56. The Labute approximate surface area is 271 Å². The van der Waals surface area contributed by atoms with E-state index in [9.17, 15) is 27.2 Å². The lowest BCUT2D eigenvalue weighted by Gasteiger charge is -2.28. The number of ether oxygens (including phenoxy) is 2. The number of rotatable bonds is 11. The van der Waals surface area contributed by atoms with Gasteiger partial charge in [0.1, 0.15) is 11.6 Å². The van der Waals surface area contributed by atoms with Gasteiger partial charge in [0.15, 0.2) is 11.6 Å². The maximum absolute atomic E-state index is 15.1. The molecule has 2 aromatic carbocycles. The molecule has 5 rings (SSSR count). The van der Waals surface area contributed by atoms with Crippen LogP contribution in [0.25, 0.3) is 0 Å². The average molecular weight is 678 g/mol. The largest absolute Gasteiger partial charge is 0.453 e. The number of fused-ring (bicyclic) bond motifs is 1. The zero-order chi connectivity index (χ0) is 33.6. The lowest BCUT2D eigenvalue weighted by molar-refractivity contribution is -0.137. The quantitative estimate of drug-likeness (QED) is 0.119. The molecule has 1 atom stereocenters. The minimum Gasteiger partial charge on any atom is -0.453 e. The minimum atomic E-state index is -4.73. The normalized spacial score (nSPS) is 16.0. The van der Waals surface area contributed by atoms with E-state index >= 15 is 4.39 Å². The molecule has 3 amide bonds. The van der Waals surface area contributed by atoms with Crippen LogP contribution in [0.3, 0.4) is 0 Å². The number of anilines is 2. The van der Waals surface area contributed by atoms with Crippen LogP contribution >= 0.6 is 11.8 Å². The number of alkyl halides is 3. The molecule has 0 spiro atoms. The highest BCUT2D eigenvalue weighted by Gasteiger charge is 2.32. The molecule has 1 aromatic heterocycles. The molecule has 0 aliphatic carbocycles. The van der Waals surface area contributed by atoms with Crippen LogP contribution in [-0.4, -0.2) is 67.0 Å². The van der Waals surface area contributed by atoms with Gasteiger partial charge in [-0.2, -0.15) is 13.2 Å². The standard InChI is InChI=1S/C32H32F5N5O4S/c1-45-15-12-38-10-7-29(43)42-13-8-19(9-14-42)28-18-25-30(47-28)27(6-11-39-25)46-26-5-3-21(17-23(26)34)40-31(44)41-24-16-20(32(35,36)37)2-4-22(24)33/h2-6,8,11,16-17,28,38H,7,9-10,12-15,18H2,1H3,(H2,40,41,44). The fourth-order valence-corrected chi connectivity index (χ4v) is 6.50. The van der Waals surface area contributed by atoms with Crippen molar-refractivity contribution in [3.8, 4) is 11.5 Å². The second-order valence-electron chi connectivity index (χ2n) is 10.8. The summed E-state index contributed by atoms with van der Waals surface area (Å²) in [5.41, 5.74) is 0.174. The topological polar surface area (TPSA) is 105 Å². The molecule has 0 saturated carbocycles. The Bertz CT molecular complexity index is 1650. The first-order valence-corrected chi connectivity index (χ1v) is 15.6. The van der Waals surface area contributed by atoms with Gasteiger partial charge in [-0.1, -0.05) is 11.6 Å². The van der Waals surface area contributed by atoms with Gasteiger partial charge in [-0.3, -0.25) is 9.78 Å². The van der Waals surface area contributed by atoms with Crippen LogP contribution < -0.4 is 20.7 Å². The molecule has 2 aliphatic heterocycles. The van der Waals surface area contributed by atoms with E-state index in [4.69, 9.17) is 9.47 Å². The highest BCUT2D eigenvalue weighted by atomic mass is 32.2. The number of benzene rings is 2. The van der Waals surface area contributed by atoms with E-state index in [1.165, 1.54) is 17.7 Å². The van der Waals surface area contributed by atoms with Gasteiger partial charge in [-0.25, -0.2) is 13.6 Å². The fourth-order valence-electron chi connectivity index (χ4n) is 5.11. The predicted molar refractivity (Wildman–Crippen MR) is 167 cm³/mol. The van der Waals surface area contributed by atoms with Gasteiger partial charge in [0.2, 0.25) is 5.91 Å². The Hall–Kier alpha value is -4.21. The van der Waals surface area contributed by atoms with Crippen molar-refractivity contribution < 1.29 is 41.0 Å². The lowest BCUT2D eigenvalue weighted by Crippen LogP contribution is -2.37. The molecule has 9 nitrogen and oxygen atoms in total. The van der Waals surface area contributed by atoms with Crippen LogP contribution in [0.1, 0.15) is 24.1 Å². The molecule has 3 heterocycles. The number of aromatic nitrogens is 1. The van der Waals surface area contributed by atoms with Crippen molar-refractivity contribution in [2.45, 2.75) is 35.6 Å². The van der Waals surface area contributed by atoms with E-state index in [-0.39, 0.29) is 22.6 Å². The van der Waals surface area contributed by atoms with Crippen molar-refractivity contribution in [1.29, 1.82) is 0 Å². The number of halogens is 5. The molecule has 0 bridgehead atoms. The van der Waals surface area contributed by atoms with Crippen molar-refractivity contribution >= 4 is 35.1 Å². The first kappa shape index (κ1) is 34.1. The van der Waals surface area contributed by atoms with Gasteiger partial charge < -0.3 is 30.3 Å². The third-order valence-electron chi connectivity index (χ3n) is 7.54. The summed E-state index contributed by atoms with van der Waals surface area (Å²) in [7, 11) is 1.63. The number of urea groups is 1. The number of nitrogens with zero attached hydrogens (tertiary/aromatic N) is 2. The fraction of sp³-hybridized carbons (Fsp3) is 0.344. The summed E-state index contributed by atoms with van der Waals surface area (Å²) >= 11 is 1.57. The monoisotopic (exact) mass is 677 g/mol. The predicted octanol–water partition coefficient (Wildman–Crippen LogP) is 6.62. The van der Waals surface area contributed by atoms with E-state index in [2.05, 4.69) is 21.7 Å². The average Bonchev–Trinajstić information content (AvgIpc) is 3.48. The molecule has 0 radical (unpaired) electrons. The Morgan fingerprint density at radius 3 is 2.60 bits per heavy atom. The van der Waals surface area contributed by atoms with E-state index in [1.807, 2.05) is 10.2 Å². The van der Waals surface area contributed by atoms with Gasteiger partial charge in [-0.15, -0.1) is 11.8 Å². The van der Waals surface area contributed by atoms with Crippen LogP contribution in [0.5, 0.6) is 11.5 Å². The number of carbonyl (C=O) groups excluding carboxylic acids is 2. The molecule has 2 aliphatic rings. The Kier molecular flexibility index (Phi) is 11.0. The minimum absolute atomic E-state index is 0.0340. The van der Waals surface area contributed by atoms with Crippen molar-refractivity contribution in [2.24, 2.45) is 0 Å². The molecule has 47 heavy (non-hydrogen) atoms. The lowest BCUT2D eigenvalue weighted by atomic mass is 10.0. The second-order valence-corrected chi connectivity index (χ2v) is 12.0. The smallest absolute Gasteiger partial charge is 0.416 e. The summed E-state index contributed by atoms with van der Waals surface area (Å²) < 4.78 is 78.9. The third-order valence-corrected chi connectivity index (χ3v) is 8.97. The number of hydrogen-bond acceptors (Lipinski definition) is 7. The number of carbonyl (C=O) groups is 2. The number of pyridine rings is 1. The van der Waals surface area contributed by atoms with Crippen LogP contribution in [0.4, 0.5) is 38.1 Å². The molecular weight excluding hydrogens is 645 g/mol. The molecule has 3 aromatic rings. The van der Waals surface area contributed by atoms with Crippen LogP contribution in [0.2, 0.25) is 0 Å². The molecule has 15 heteroatoms. The van der Waals surface area contributed by atoms with E-state index in [1.54, 1.807) is 31.1 Å². The highest BCUT2D eigenvalue weighted by Crippen LogP contribution is 2.46. The number of amides is 3. The number of nitrogens with one attached hydrogen (secondary N) is 3. The van der Waals surface area contributed by atoms with Crippen molar-refractivity contribution in [2.75, 3.05) is 50.5 Å².